The number of hydrogen-bond donors (Lipinski definition) is 0. The molecule has 0 aliphatic carbocycles. The maximum absolute atomic E-state index is 13.2. The van der Waals surface area contributed by atoms with E-state index in [1.807, 2.05) is 42.2 Å². The molecule has 1 atom stereocenters. The van der Waals surface area contributed by atoms with E-state index in [9.17, 15) is 4.79 Å². The highest BCUT2D eigenvalue weighted by Crippen LogP contribution is 2.22. The molecule has 2 aromatic rings. The molecule has 1 fully saturated rings. The maximum Gasteiger partial charge on any atom is 0.244 e. The highest BCUT2D eigenvalue weighted by molar-refractivity contribution is 6.29. The maximum atomic E-state index is 13.2. The lowest BCUT2D eigenvalue weighted by Gasteiger charge is -2.37. The Bertz CT molecular complexity index is 753. The molecule has 0 N–H and O–H groups in total. The summed E-state index contributed by atoms with van der Waals surface area (Å²) in [6.45, 7) is 6.11. The van der Waals surface area contributed by atoms with E-state index in [4.69, 9.17) is 11.6 Å². The van der Waals surface area contributed by atoms with Gasteiger partial charge >= 0.3 is 0 Å². The number of pyridine rings is 1. The summed E-state index contributed by atoms with van der Waals surface area (Å²) in [5.41, 5.74) is 3.39. The van der Waals surface area contributed by atoms with Gasteiger partial charge in [0.1, 0.15) is 11.2 Å². The van der Waals surface area contributed by atoms with Gasteiger partial charge in [0, 0.05) is 38.9 Å². The number of hydrogen-bond acceptors (Lipinski definition) is 4. The number of nitrogens with zero attached hydrogens (tertiary/aromatic N) is 4. The molecule has 0 bridgehead atoms. The first kappa shape index (κ1) is 19.8. The Kier molecular flexibility index (Phi) is 6.47. The lowest BCUT2D eigenvalue weighted by molar-refractivity contribution is -0.138. The summed E-state index contributed by atoms with van der Waals surface area (Å²) < 4.78 is 0. The Hall–Kier alpha value is -1.95. The number of rotatable bonds is 5. The quantitative estimate of drug-likeness (QED) is 0.740. The summed E-state index contributed by atoms with van der Waals surface area (Å²) in [5, 5.41) is 0.514. The third-order valence-electron chi connectivity index (χ3n) is 5.02. The topological polar surface area (TPSA) is 39.7 Å². The van der Waals surface area contributed by atoms with E-state index in [0.29, 0.717) is 5.15 Å². The SMILES string of the molecule is Cc1ccc([C@H](C(=O)N2CCN(Cc3ccc(Cl)nc3)CC2)N(C)C)cc1. The van der Waals surface area contributed by atoms with Crippen LogP contribution in [0.2, 0.25) is 5.15 Å². The average molecular weight is 387 g/mol. The third-order valence-corrected chi connectivity index (χ3v) is 5.25. The van der Waals surface area contributed by atoms with Crippen molar-refractivity contribution in [2.75, 3.05) is 40.3 Å². The number of piperazine rings is 1. The van der Waals surface area contributed by atoms with Crippen LogP contribution < -0.4 is 0 Å². The minimum absolute atomic E-state index is 0.177. The fourth-order valence-electron chi connectivity index (χ4n) is 3.47. The van der Waals surface area contributed by atoms with Gasteiger partial charge in [-0.05, 0) is 38.2 Å². The molecule has 1 saturated heterocycles. The lowest BCUT2D eigenvalue weighted by atomic mass is 10.0. The molecule has 6 heteroatoms. The van der Waals surface area contributed by atoms with Crippen LogP contribution in [0.25, 0.3) is 0 Å². The van der Waals surface area contributed by atoms with Crippen LogP contribution in [0, 0.1) is 6.92 Å². The lowest BCUT2D eigenvalue weighted by Crippen LogP contribution is -2.51. The number of benzene rings is 1. The molecule has 3 rings (SSSR count). The molecule has 1 aliphatic rings. The number of halogens is 1. The molecule has 1 aromatic carbocycles. The van der Waals surface area contributed by atoms with Crippen LogP contribution in [0.1, 0.15) is 22.7 Å². The van der Waals surface area contributed by atoms with Crippen molar-refractivity contribution in [2.45, 2.75) is 19.5 Å². The van der Waals surface area contributed by atoms with E-state index < -0.39 is 0 Å². The van der Waals surface area contributed by atoms with Crippen LogP contribution in [0.3, 0.4) is 0 Å². The fraction of sp³-hybridized carbons (Fsp3) is 0.429. The molecule has 1 amide bonds. The van der Waals surface area contributed by atoms with E-state index in [1.54, 1.807) is 0 Å². The van der Waals surface area contributed by atoms with Crippen LogP contribution in [0.4, 0.5) is 0 Å². The van der Waals surface area contributed by atoms with Crippen molar-refractivity contribution in [1.82, 2.24) is 19.7 Å². The van der Waals surface area contributed by atoms with Gasteiger partial charge in [0.2, 0.25) is 5.91 Å². The average Bonchev–Trinajstić information content (AvgIpc) is 2.65. The zero-order valence-electron chi connectivity index (χ0n) is 16.2. The van der Waals surface area contributed by atoms with Gasteiger partial charge in [0.15, 0.2) is 0 Å². The Morgan fingerprint density at radius 3 is 2.33 bits per heavy atom. The van der Waals surface area contributed by atoms with Crippen molar-refractivity contribution in [3.63, 3.8) is 0 Å². The molecule has 2 heterocycles. The molecule has 1 aromatic heterocycles. The van der Waals surface area contributed by atoms with Crippen molar-refractivity contribution in [3.8, 4) is 0 Å². The molecule has 0 radical (unpaired) electrons. The number of likely N-dealkylation sites (N-methyl/N-ethyl adjacent to an activating group) is 1. The standard InChI is InChI=1S/C21H27ClN4O/c1-16-4-7-18(8-5-16)20(24(2)3)21(27)26-12-10-25(11-13-26)15-17-6-9-19(22)23-14-17/h4-9,14,20H,10-13,15H2,1-3H3/t20-/m1/s1. The second kappa shape index (κ2) is 8.83. The fourth-order valence-corrected chi connectivity index (χ4v) is 3.58. The second-order valence-corrected chi connectivity index (χ2v) is 7.75. The largest absolute Gasteiger partial charge is 0.338 e. The van der Waals surface area contributed by atoms with E-state index in [-0.39, 0.29) is 11.9 Å². The predicted molar refractivity (Wildman–Crippen MR) is 109 cm³/mol. The van der Waals surface area contributed by atoms with Gasteiger partial charge in [-0.2, -0.15) is 0 Å². The smallest absolute Gasteiger partial charge is 0.244 e. The van der Waals surface area contributed by atoms with Crippen molar-refractivity contribution < 1.29 is 4.79 Å². The molecule has 27 heavy (non-hydrogen) atoms. The van der Waals surface area contributed by atoms with Crippen LogP contribution >= 0.6 is 11.6 Å². The summed E-state index contributed by atoms with van der Waals surface area (Å²) in [5.74, 6) is 0.177. The van der Waals surface area contributed by atoms with Crippen molar-refractivity contribution in [2.24, 2.45) is 0 Å². The first-order valence-corrected chi connectivity index (χ1v) is 9.66. The number of carbonyl (C=O) groups is 1. The first-order chi connectivity index (χ1) is 12.9. The normalized spacial score (nSPS) is 16.6. The summed E-state index contributed by atoms with van der Waals surface area (Å²) in [6, 6.07) is 11.8. The van der Waals surface area contributed by atoms with Gasteiger partial charge in [-0.15, -0.1) is 0 Å². The van der Waals surface area contributed by atoms with Gasteiger partial charge in [-0.25, -0.2) is 4.98 Å². The number of aromatic nitrogens is 1. The highest BCUT2D eigenvalue weighted by Gasteiger charge is 2.30. The Labute approximate surface area is 166 Å². The Morgan fingerprint density at radius 2 is 1.78 bits per heavy atom. The predicted octanol–water partition coefficient (Wildman–Crippen LogP) is 2.99. The van der Waals surface area contributed by atoms with Crippen LogP contribution in [0.15, 0.2) is 42.6 Å². The van der Waals surface area contributed by atoms with Crippen molar-refractivity contribution in [3.05, 3.63) is 64.4 Å². The number of amides is 1. The minimum atomic E-state index is -0.238. The molecular formula is C21H27ClN4O. The summed E-state index contributed by atoms with van der Waals surface area (Å²) in [7, 11) is 3.93. The highest BCUT2D eigenvalue weighted by atomic mass is 35.5. The van der Waals surface area contributed by atoms with Gasteiger partial charge in [-0.3, -0.25) is 14.6 Å². The molecular weight excluding hydrogens is 360 g/mol. The van der Waals surface area contributed by atoms with E-state index in [0.717, 1.165) is 43.9 Å². The summed E-state index contributed by atoms with van der Waals surface area (Å²) in [4.78, 5) is 23.6. The van der Waals surface area contributed by atoms with Gasteiger partial charge in [-0.1, -0.05) is 47.5 Å². The van der Waals surface area contributed by atoms with Gasteiger partial charge in [0.05, 0.1) is 0 Å². The molecule has 1 aliphatic heterocycles. The monoisotopic (exact) mass is 386 g/mol. The first-order valence-electron chi connectivity index (χ1n) is 9.28. The van der Waals surface area contributed by atoms with Crippen molar-refractivity contribution in [1.29, 1.82) is 0 Å². The van der Waals surface area contributed by atoms with Crippen LogP contribution in [0.5, 0.6) is 0 Å². The summed E-state index contributed by atoms with van der Waals surface area (Å²) >= 11 is 5.85. The molecule has 144 valence electrons. The van der Waals surface area contributed by atoms with Gasteiger partial charge < -0.3 is 4.90 Å². The Morgan fingerprint density at radius 1 is 1.11 bits per heavy atom. The molecule has 0 saturated carbocycles. The third kappa shape index (κ3) is 5.06. The number of aryl methyl sites for hydroxylation is 1. The minimum Gasteiger partial charge on any atom is -0.338 e. The molecule has 0 unspecified atom stereocenters. The molecule has 5 nitrogen and oxygen atoms in total. The summed E-state index contributed by atoms with van der Waals surface area (Å²) in [6.07, 6.45) is 1.82. The van der Waals surface area contributed by atoms with Crippen LogP contribution in [-0.4, -0.2) is 65.9 Å². The second-order valence-electron chi connectivity index (χ2n) is 7.37. The van der Waals surface area contributed by atoms with Crippen molar-refractivity contribution >= 4 is 17.5 Å². The number of carbonyl (C=O) groups excluding carboxylic acids is 1. The van der Waals surface area contributed by atoms with E-state index in [1.165, 1.54) is 5.56 Å². The van der Waals surface area contributed by atoms with E-state index in [2.05, 4.69) is 41.1 Å². The Balaban J connectivity index is 1.60. The van der Waals surface area contributed by atoms with Crippen LogP contribution in [-0.2, 0) is 11.3 Å². The van der Waals surface area contributed by atoms with Gasteiger partial charge in [0.25, 0.3) is 0 Å². The zero-order chi connectivity index (χ0) is 19.4. The zero-order valence-corrected chi connectivity index (χ0v) is 17.0. The molecule has 0 spiro atoms. The van der Waals surface area contributed by atoms with E-state index >= 15 is 0 Å².